The third-order valence-electron chi connectivity index (χ3n) is 11.6. The summed E-state index contributed by atoms with van der Waals surface area (Å²) in [4.78, 5) is 83.5. The van der Waals surface area contributed by atoms with Gasteiger partial charge in [0.05, 0.1) is 30.4 Å². The summed E-state index contributed by atoms with van der Waals surface area (Å²) in [6, 6.07) is 7.08. The van der Waals surface area contributed by atoms with Crippen LogP contribution in [0.4, 0.5) is 10.3 Å². The smallest absolute Gasteiger partial charge is 0.254 e. The van der Waals surface area contributed by atoms with Crippen LogP contribution in [-0.4, -0.2) is 118 Å². The quantitative estimate of drug-likeness (QED) is 0.118. The zero-order valence-electron chi connectivity index (χ0n) is 35.7. The number of aryl methyl sites for hydroxylation is 2. The predicted octanol–water partition coefficient (Wildman–Crippen LogP) is 8.85. The number of carbonyl (C=O) groups is 5. The van der Waals surface area contributed by atoms with E-state index in [1.165, 1.54) is 71.2 Å². The van der Waals surface area contributed by atoms with Gasteiger partial charge in [0.15, 0.2) is 10.3 Å². The van der Waals surface area contributed by atoms with Gasteiger partial charge < -0.3 is 30.2 Å². The van der Waals surface area contributed by atoms with Gasteiger partial charge in [0.1, 0.15) is 0 Å². The second-order valence-electron chi connectivity index (χ2n) is 16.4. The molecule has 13 nitrogen and oxygen atoms in total. The van der Waals surface area contributed by atoms with E-state index in [-0.39, 0.29) is 41.5 Å². The van der Waals surface area contributed by atoms with Gasteiger partial charge >= 0.3 is 0 Å². The molecule has 4 fully saturated rings. The molecule has 2 aliphatic heterocycles. The van der Waals surface area contributed by atoms with Gasteiger partial charge in [0.2, 0.25) is 17.7 Å². The molecule has 4 heterocycles. The minimum Gasteiger partial charge on any atom is -0.361 e. The number of anilines is 2. The zero-order chi connectivity index (χ0) is 45.2. The lowest BCUT2D eigenvalue weighted by molar-refractivity contribution is -0.130. The van der Waals surface area contributed by atoms with Crippen molar-refractivity contribution < 1.29 is 24.0 Å². The number of hydrogen-bond acceptors (Lipinski definition) is 12. The number of amides is 5. The van der Waals surface area contributed by atoms with Crippen molar-refractivity contribution >= 4 is 115 Å². The van der Waals surface area contributed by atoms with Gasteiger partial charge in [-0.25, -0.2) is 9.97 Å². The molecule has 2 saturated heterocycles. The molecule has 2 aromatic heterocycles. The van der Waals surface area contributed by atoms with Crippen molar-refractivity contribution in [3.63, 3.8) is 0 Å². The molecule has 0 bridgehead atoms. The molecular weight excluding hydrogens is 932 g/mol. The van der Waals surface area contributed by atoms with E-state index >= 15 is 0 Å². The van der Waals surface area contributed by atoms with E-state index in [9.17, 15) is 24.0 Å². The van der Waals surface area contributed by atoms with Crippen LogP contribution in [0.5, 0.6) is 0 Å². The Morgan fingerprint density at radius 1 is 0.812 bits per heavy atom. The van der Waals surface area contributed by atoms with Crippen molar-refractivity contribution in [2.45, 2.75) is 70.7 Å². The molecule has 64 heavy (non-hydrogen) atoms. The molecule has 19 heteroatoms. The highest BCUT2D eigenvalue weighted by Crippen LogP contribution is 2.43. The van der Waals surface area contributed by atoms with Gasteiger partial charge in [-0.2, -0.15) is 0 Å². The Morgan fingerprint density at radius 2 is 1.44 bits per heavy atom. The van der Waals surface area contributed by atoms with Gasteiger partial charge in [-0.15, -0.1) is 0 Å². The van der Waals surface area contributed by atoms with E-state index in [1.54, 1.807) is 44.0 Å². The number of piperazine rings is 2. The maximum atomic E-state index is 13.9. The fraction of sp³-hybridized carbons (Fsp3) is 0.400. The molecule has 0 unspecified atom stereocenters. The second kappa shape index (κ2) is 20.0. The zero-order valence-corrected chi connectivity index (χ0v) is 40.4. The fourth-order valence-electron chi connectivity index (χ4n) is 7.49. The molecule has 2 N–H and O–H groups in total. The van der Waals surface area contributed by atoms with Gasteiger partial charge in [-0.05, 0) is 99.9 Å². The first-order valence-corrected chi connectivity index (χ1v) is 25.2. The number of hydrogen-bond donors (Lipinski definition) is 2. The highest BCUT2D eigenvalue weighted by Gasteiger charge is 2.32. The largest absolute Gasteiger partial charge is 0.361 e. The van der Waals surface area contributed by atoms with E-state index in [2.05, 4.69) is 22.2 Å². The molecule has 2 aliphatic carbocycles. The Kier molecular flexibility index (Phi) is 14.4. The first kappa shape index (κ1) is 46.2. The van der Waals surface area contributed by atoms with Crippen LogP contribution in [0.3, 0.4) is 0 Å². The molecule has 4 aromatic rings. The van der Waals surface area contributed by atoms with Crippen molar-refractivity contribution in [2.24, 2.45) is 11.8 Å². The Labute approximate surface area is 399 Å². The maximum absolute atomic E-state index is 13.9. The van der Waals surface area contributed by atoms with Crippen LogP contribution in [0.2, 0.25) is 10.0 Å². The van der Waals surface area contributed by atoms with E-state index in [4.69, 9.17) is 28.2 Å². The first-order chi connectivity index (χ1) is 30.7. The number of carbonyl (C=O) groups excluding carboxylic acids is 5. The summed E-state index contributed by atoms with van der Waals surface area (Å²) in [6.07, 6.45) is 10.4. The lowest BCUT2D eigenvalue weighted by atomic mass is 10.1. The Balaban J connectivity index is 0.913. The Bertz CT molecular complexity index is 2530. The standard InChI is InChI=1S/C45H48Cl2N8O5S4/c1-5-37(56)55-17-16-54(24-27(55)4)42(60)31-21-36(33(47)19-26(31)3)62-43-34(50-44(64-43)48-22-28-6-7-28)10-11-38(57)52-12-14-53(15-13-52)41(59)30-20-35(32(46)18-25(30)2)61-39-23-49-45(63-39)51-40(58)29-8-9-29/h5,10-11,18-21,23,27-29H,1,6-9,12-17,22,24H2,2-4H3,(H,48,50)(H,49,51,58)/b11-10-/t27-/m1/s1. The van der Waals surface area contributed by atoms with Gasteiger partial charge in [-0.3, -0.25) is 24.0 Å². The molecule has 0 spiro atoms. The summed E-state index contributed by atoms with van der Waals surface area (Å²) < 4.78 is 1.66. The molecule has 2 aromatic carbocycles. The number of thiazole rings is 2. The summed E-state index contributed by atoms with van der Waals surface area (Å²) in [5.74, 6) is 0.111. The Hall–Kier alpha value is -4.39. The van der Waals surface area contributed by atoms with Gasteiger partial charge in [0.25, 0.3) is 11.8 Å². The highest BCUT2D eigenvalue weighted by atomic mass is 35.5. The third-order valence-corrected chi connectivity index (χ3v) is 16.8. The van der Waals surface area contributed by atoms with Crippen LogP contribution in [0.25, 0.3) is 6.08 Å². The number of benzene rings is 2. The maximum Gasteiger partial charge on any atom is 0.254 e. The SMILES string of the molecule is C=CC(=O)N1CCN(C(=O)c2cc(Sc3sc(NCC4CC4)nc3/C=C\C(=O)N3CCN(C(=O)c4cc(Sc5cnc(NC(=O)C6CC6)s5)c(Cl)cc4C)CC3)c(Cl)cc2C)C[C@H]1C. The summed E-state index contributed by atoms with van der Waals surface area (Å²) in [6.45, 7) is 12.8. The molecule has 8 rings (SSSR count). The average Bonchev–Trinajstić information content (AvgIpc) is 4.22. The molecule has 2 saturated carbocycles. The molecule has 4 aliphatic rings. The third kappa shape index (κ3) is 11.0. The second-order valence-corrected chi connectivity index (χ2v) is 21.9. The van der Waals surface area contributed by atoms with E-state index in [1.807, 2.05) is 32.9 Å². The monoisotopic (exact) mass is 978 g/mol. The van der Waals surface area contributed by atoms with Gasteiger partial charge in [0, 0.05) is 91.3 Å². The molecule has 5 amide bonds. The predicted molar refractivity (Wildman–Crippen MR) is 256 cm³/mol. The lowest BCUT2D eigenvalue weighted by Crippen LogP contribution is -2.55. The molecule has 336 valence electrons. The summed E-state index contributed by atoms with van der Waals surface area (Å²) in [7, 11) is 0. The molecule has 0 radical (unpaired) electrons. The van der Waals surface area contributed by atoms with Crippen LogP contribution in [0.15, 0.2) is 67.4 Å². The first-order valence-electron chi connectivity index (χ1n) is 21.2. The van der Waals surface area contributed by atoms with Gasteiger partial charge in [-0.1, -0.05) is 76.0 Å². The number of nitrogens with zero attached hydrogens (tertiary/aromatic N) is 6. The molecule has 1 atom stereocenters. The van der Waals surface area contributed by atoms with E-state index in [0.717, 1.165) is 44.1 Å². The normalized spacial score (nSPS) is 17.8. The van der Waals surface area contributed by atoms with Crippen molar-refractivity contribution in [1.82, 2.24) is 29.6 Å². The van der Waals surface area contributed by atoms with Crippen molar-refractivity contribution in [2.75, 3.05) is 63.0 Å². The van der Waals surface area contributed by atoms with Crippen LogP contribution in [0, 0.1) is 25.7 Å². The van der Waals surface area contributed by atoms with Crippen LogP contribution >= 0.6 is 69.4 Å². The fourth-order valence-corrected chi connectivity index (χ4v) is 12.2. The molecular formula is C45H48Cl2N8O5S4. The summed E-state index contributed by atoms with van der Waals surface area (Å²) in [5.41, 5.74) is 3.20. The summed E-state index contributed by atoms with van der Waals surface area (Å²) >= 11 is 19.1. The number of rotatable bonds is 14. The van der Waals surface area contributed by atoms with Crippen LogP contribution in [-0.2, 0) is 14.4 Å². The summed E-state index contributed by atoms with van der Waals surface area (Å²) in [5, 5.41) is 8.63. The van der Waals surface area contributed by atoms with Crippen molar-refractivity contribution in [1.29, 1.82) is 0 Å². The van der Waals surface area contributed by atoms with Crippen molar-refractivity contribution in [3.05, 3.63) is 87.2 Å². The van der Waals surface area contributed by atoms with Crippen molar-refractivity contribution in [3.8, 4) is 0 Å². The van der Waals surface area contributed by atoms with E-state index in [0.29, 0.717) is 93.5 Å². The topological polar surface area (TPSA) is 148 Å². The van der Waals surface area contributed by atoms with Crippen LogP contribution in [0.1, 0.15) is 70.1 Å². The number of aromatic nitrogens is 2. The highest BCUT2D eigenvalue weighted by molar-refractivity contribution is 8.01. The minimum atomic E-state index is -0.187. The number of nitrogens with one attached hydrogen (secondary N) is 2. The average molecular weight is 980 g/mol. The van der Waals surface area contributed by atoms with Crippen LogP contribution < -0.4 is 10.6 Å². The minimum absolute atomic E-state index is 0.00389. The van der Waals surface area contributed by atoms with E-state index < -0.39 is 0 Å². The number of halogens is 2. The lowest BCUT2D eigenvalue weighted by Gasteiger charge is -2.39. The Morgan fingerprint density at radius 3 is 2.06 bits per heavy atom.